The third kappa shape index (κ3) is 2.87. The van der Waals surface area contributed by atoms with E-state index in [-0.39, 0.29) is 11.7 Å². The summed E-state index contributed by atoms with van der Waals surface area (Å²) >= 11 is 6.26. The molecule has 0 aromatic heterocycles. The minimum Gasteiger partial charge on any atom is -0.293 e. The van der Waals surface area contributed by atoms with Crippen LogP contribution in [0.2, 0.25) is 5.02 Å². The van der Waals surface area contributed by atoms with Crippen LogP contribution >= 0.6 is 11.6 Å². The Labute approximate surface area is 119 Å². The summed E-state index contributed by atoms with van der Waals surface area (Å²) in [6.07, 6.45) is 0.771. The van der Waals surface area contributed by atoms with E-state index in [9.17, 15) is 4.79 Å². The standard InChI is InChI=1S/C17H17ClO/c1-3-14(13-9-5-4-6-10-13)17(19)15-11-7-8-12(2)16(15)18/h4-11,14H,3H2,1-2H3. The lowest BCUT2D eigenvalue weighted by atomic mass is 9.88. The topological polar surface area (TPSA) is 17.1 Å². The van der Waals surface area contributed by atoms with Gasteiger partial charge >= 0.3 is 0 Å². The molecule has 0 aliphatic rings. The summed E-state index contributed by atoms with van der Waals surface area (Å²) in [7, 11) is 0. The summed E-state index contributed by atoms with van der Waals surface area (Å²) < 4.78 is 0. The van der Waals surface area contributed by atoms with Crippen molar-refractivity contribution in [1.29, 1.82) is 0 Å². The number of ketones is 1. The van der Waals surface area contributed by atoms with Crippen LogP contribution in [0.1, 0.15) is 40.7 Å². The van der Waals surface area contributed by atoms with Crippen molar-refractivity contribution >= 4 is 17.4 Å². The van der Waals surface area contributed by atoms with Crippen LogP contribution in [0, 0.1) is 6.92 Å². The SMILES string of the molecule is CCC(C(=O)c1cccc(C)c1Cl)c1ccccc1. The van der Waals surface area contributed by atoms with Crippen molar-refractivity contribution in [3.63, 3.8) is 0 Å². The molecule has 0 aliphatic carbocycles. The highest BCUT2D eigenvalue weighted by molar-refractivity contribution is 6.35. The summed E-state index contributed by atoms with van der Waals surface area (Å²) in [4.78, 5) is 12.7. The molecule has 98 valence electrons. The molecule has 0 saturated carbocycles. The van der Waals surface area contributed by atoms with E-state index in [4.69, 9.17) is 11.6 Å². The van der Waals surface area contributed by atoms with Gasteiger partial charge in [-0.05, 0) is 30.5 Å². The molecule has 19 heavy (non-hydrogen) atoms. The van der Waals surface area contributed by atoms with E-state index in [1.165, 1.54) is 0 Å². The maximum absolute atomic E-state index is 12.7. The number of hydrogen-bond acceptors (Lipinski definition) is 1. The zero-order valence-electron chi connectivity index (χ0n) is 11.2. The molecule has 0 heterocycles. The van der Waals surface area contributed by atoms with Gasteiger partial charge in [-0.3, -0.25) is 4.79 Å². The Morgan fingerprint density at radius 3 is 2.42 bits per heavy atom. The highest BCUT2D eigenvalue weighted by atomic mass is 35.5. The van der Waals surface area contributed by atoms with Crippen molar-refractivity contribution in [2.45, 2.75) is 26.2 Å². The molecule has 2 aromatic carbocycles. The van der Waals surface area contributed by atoms with Crippen molar-refractivity contribution in [2.75, 3.05) is 0 Å². The molecule has 1 atom stereocenters. The lowest BCUT2D eigenvalue weighted by molar-refractivity contribution is 0.0957. The van der Waals surface area contributed by atoms with Crippen LogP contribution in [0.5, 0.6) is 0 Å². The van der Waals surface area contributed by atoms with Gasteiger partial charge in [0.1, 0.15) is 0 Å². The fourth-order valence-electron chi connectivity index (χ4n) is 2.28. The van der Waals surface area contributed by atoms with Gasteiger partial charge in [0, 0.05) is 11.5 Å². The Morgan fingerprint density at radius 2 is 1.79 bits per heavy atom. The molecule has 0 N–H and O–H groups in total. The monoisotopic (exact) mass is 272 g/mol. The third-order valence-electron chi connectivity index (χ3n) is 3.38. The molecule has 0 bridgehead atoms. The van der Waals surface area contributed by atoms with E-state index < -0.39 is 0 Å². The molecular weight excluding hydrogens is 256 g/mol. The molecule has 2 rings (SSSR count). The van der Waals surface area contributed by atoms with Crippen LogP contribution in [-0.4, -0.2) is 5.78 Å². The first-order valence-electron chi connectivity index (χ1n) is 6.49. The fraction of sp³-hybridized carbons (Fsp3) is 0.235. The summed E-state index contributed by atoms with van der Waals surface area (Å²) in [6, 6.07) is 15.5. The Bertz CT molecular complexity index is 575. The Kier molecular flexibility index (Phi) is 4.39. The number of Topliss-reactive ketones (excluding diaryl/α,β-unsaturated/α-hetero) is 1. The number of aryl methyl sites for hydroxylation is 1. The van der Waals surface area contributed by atoms with Gasteiger partial charge in [0.05, 0.1) is 5.02 Å². The Balaban J connectivity index is 2.39. The van der Waals surface area contributed by atoms with Crippen LogP contribution in [0.3, 0.4) is 0 Å². The molecule has 0 radical (unpaired) electrons. The lowest BCUT2D eigenvalue weighted by Gasteiger charge is -2.15. The van der Waals surface area contributed by atoms with Gasteiger partial charge in [-0.25, -0.2) is 0 Å². The van der Waals surface area contributed by atoms with Crippen molar-refractivity contribution < 1.29 is 4.79 Å². The molecule has 0 fully saturated rings. The van der Waals surface area contributed by atoms with Crippen LogP contribution in [0.4, 0.5) is 0 Å². The minimum absolute atomic E-state index is 0.0994. The maximum Gasteiger partial charge on any atom is 0.171 e. The molecule has 1 unspecified atom stereocenters. The second-order valence-corrected chi connectivity index (χ2v) is 5.05. The normalized spacial score (nSPS) is 12.2. The van der Waals surface area contributed by atoms with Crippen LogP contribution in [0.25, 0.3) is 0 Å². The second-order valence-electron chi connectivity index (χ2n) is 4.67. The molecular formula is C17H17ClO. The summed E-state index contributed by atoms with van der Waals surface area (Å²) in [5, 5.41) is 0.571. The average Bonchev–Trinajstić information content (AvgIpc) is 2.44. The molecule has 0 saturated heterocycles. The van der Waals surface area contributed by atoms with E-state index >= 15 is 0 Å². The maximum atomic E-state index is 12.7. The van der Waals surface area contributed by atoms with Crippen LogP contribution in [-0.2, 0) is 0 Å². The van der Waals surface area contributed by atoms with Crippen molar-refractivity contribution in [3.05, 3.63) is 70.2 Å². The summed E-state index contributed by atoms with van der Waals surface area (Å²) in [6.45, 7) is 3.95. The molecule has 0 aliphatic heterocycles. The van der Waals surface area contributed by atoms with Gasteiger partial charge in [0.2, 0.25) is 0 Å². The van der Waals surface area contributed by atoms with Crippen LogP contribution < -0.4 is 0 Å². The van der Waals surface area contributed by atoms with E-state index in [0.29, 0.717) is 10.6 Å². The summed E-state index contributed by atoms with van der Waals surface area (Å²) in [5.41, 5.74) is 2.61. The van der Waals surface area contributed by atoms with Gasteiger partial charge < -0.3 is 0 Å². The lowest BCUT2D eigenvalue weighted by Crippen LogP contribution is -2.13. The Morgan fingerprint density at radius 1 is 1.11 bits per heavy atom. The zero-order chi connectivity index (χ0) is 13.8. The highest BCUT2D eigenvalue weighted by Gasteiger charge is 2.22. The summed E-state index contributed by atoms with van der Waals surface area (Å²) in [5.74, 6) is -0.0251. The fourth-order valence-corrected chi connectivity index (χ4v) is 2.50. The number of carbonyl (C=O) groups is 1. The number of hydrogen-bond donors (Lipinski definition) is 0. The first-order chi connectivity index (χ1) is 9.15. The van der Waals surface area contributed by atoms with Gasteiger partial charge in [-0.2, -0.15) is 0 Å². The van der Waals surface area contributed by atoms with E-state index in [1.54, 1.807) is 0 Å². The van der Waals surface area contributed by atoms with Gasteiger partial charge in [-0.1, -0.05) is 61.0 Å². The quantitative estimate of drug-likeness (QED) is 0.714. The molecule has 0 amide bonds. The number of halogens is 1. The van der Waals surface area contributed by atoms with E-state index in [2.05, 4.69) is 0 Å². The second kappa shape index (κ2) is 6.03. The predicted octanol–water partition coefficient (Wildman–Crippen LogP) is 5.02. The van der Waals surface area contributed by atoms with Crippen molar-refractivity contribution in [3.8, 4) is 0 Å². The van der Waals surface area contributed by atoms with E-state index in [1.807, 2.05) is 62.4 Å². The predicted molar refractivity (Wildman–Crippen MR) is 80.0 cm³/mol. The average molecular weight is 273 g/mol. The molecule has 1 nitrogen and oxygen atoms in total. The van der Waals surface area contributed by atoms with Gasteiger partial charge in [0.25, 0.3) is 0 Å². The Hall–Kier alpha value is -1.60. The number of rotatable bonds is 4. The largest absolute Gasteiger partial charge is 0.293 e. The number of benzene rings is 2. The zero-order valence-corrected chi connectivity index (χ0v) is 11.9. The van der Waals surface area contributed by atoms with Crippen molar-refractivity contribution in [1.82, 2.24) is 0 Å². The minimum atomic E-state index is -0.125. The molecule has 2 heteroatoms. The molecule has 0 spiro atoms. The first-order valence-corrected chi connectivity index (χ1v) is 6.87. The first kappa shape index (κ1) is 13.8. The highest BCUT2D eigenvalue weighted by Crippen LogP contribution is 2.29. The van der Waals surface area contributed by atoms with Gasteiger partial charge in [-0.15, -0.1) is 0 Å². The molecule has 2 aromatic rings. The van der Waals surface area contributed by atoms with E-state index in [0.717, 1.165) is 17.5 Å². The number of carbonyl (C=O) groups excluding carboxylic acids is 1. The van der Waals surface area contributed by atoms with Crippen LogP contribution in [0.15, 0.2) is 48.5 Å². The van der Waals surface area contributed by atoms with Gasteiger partial charge in [0.15, 0.2) is 5.78 Å². The van der Waals surface area contributed by atoms with Crippen molar-refractivity contribution in [2.24, 2.45) is 0 Å². The smallest absolute Gasteiger partial charge is 0.171 e. The third-order valence-corrected chi connectivity index (χ3v) is 3.89.